The molecule has 0 fully saturated rings. The molecule has 0 bridgehead atoms. The molecule has 0 saturated carbocycles. The maximum Gasteiger partial charge on any atom is 0.233 e. The predicted molar refractivity (Wildman–Crippen MR) is 127 cm³/mol. The van der Waals surface area contributed by atoms with Gasteiger partial charge >= 0.3 is 0 Å². The summed E-state index contributed by atoms with van der Waals surface area (Å²) in [6.07, 6.45) is 0. The SMILES string of the molecule is Cc1ccc(Nc2nnc(SCC(=O)N(Cc3ccccc3)C(C)(C)C)s2)cc1C. The zero-order chi connectivity index (χ0) is 21.7. The molecule has 0 aliphatic heterocycles. The maximum absolute atomic E-state index is 13.0. The van der Waals surface area contributed by atoms with E-state index in [2.05, 4.69) is 74.4 Å². The van der Waals surface area contributed by atoms with E-state index in [9.17, 15) is 4.79 Å². The summed E-state index contributed by atoms with van der Waals surface area (Å²) in [5, 5.41) is 12.5. The van der Waals surface area contributed by atoms with Crippen molar-refractivity contribution in [3.05, 3.63) is 65.2 Å². The monoisotopic (exact) mass is 440 g/mol. The van der Waals surface area contributed by atoms with Crippen LogP contribution in [0.1, 0.15) is 37.5 Å². The van der Waals surface area contributed by atoms with E-state index in [0.29, 0.717) is 12.3 Å². The zero-order valence-electron chi connectivity index (χ0n) is 18.1. The number of aromatic nitrogens is 2. The Bertz CT molecular complexity index is 996. The molecule has 1 amide bonds. The fourth-order valence-electron chi connectivity index (χ4n) is 2.93. The van der Waals surface area contributed by atoms with Crippen molar-refractivity contribution in [1.82, 2.24) is 15.1 Å². The van der Waals surface area contributed by atoms with Gasteiger partial charge in [-0.15, -0.1) is 10.2 Å². The molecule has 1 N–H and O–H groups in total. The quantitative estimate of drug-likeness (QED) is 0.469. The standard InChI is InChI=1S/C23H28N4OS2/c1-16-11-12-19(13-17(16)2)24-21-25-26-22(30-21)29-15-20(28)27(23(3,4)5)14-18-9-7-6-8-10-18/h6-13H,14-15H2,1-5H3,(H,24,25). The minimum Gasteiger partial charge on any atom is -0.333 e. The molecular formula is C23H28N4OS2. The van der Waals surface area contributed by atoms with E-state index >= 15 is 0 Å². The van der Waals surface area contributed by atoms with Crippen LogP contribution in [0.25, 0.3) is 0 Å². The molecule has 1 aromatic heterocycles. The Balaban J connectivity index is 1.61. The number of rotatable bonds is 7. The van der Waals surface area contributed by atoms with Crippen molar-refractivity contribution in [3.63, 3.8) is 0 Å². The minimum atomic E-state index is -0.259. The van der Waals surface area contributed by atoms with Crippen LogP contribution < -0.4 is 5.32 Å². The highest BCUT2D eigenvalue weighted by molar-refractivity contribution is 8.01. The molecule has 0 saturated heterocycles. The Labute approximate surface area is 186 Å². The maximum atomic E-state index is 13.0. The summed E-state index contributed by atoms with van der Waals surface area (Å²) in [7, 11) is 0. The number of hydrogen-bond acceptors (Lipinski definition) is 6. The first kappa shape index (κ1) is 22.3. The van der Waals surface area contributed by atoms with Crippen LogP contribution in [-0.2, 0) is 11.3 Å². The molecule has 0 atom stereocenters. The van der Waals surface area contributed by atoms with Crippen LogP contribution in [0.3, 0.4) is 0 Å². The fraction of sp³-hybridized carbons (Fsp3) is 0.348. The van der Waals surface area contributed by atoms with E-state index in [-0.39, 0.29) is 11.4 Å². The summed E-state index contributed by atoms with van der Waals surface area (Å²) in [6.45, 7) is 11.0. The van der Waals surface area contributed by atoms with Crippen LogP contribution in [0.2, 0.25) is 0 Å². The fourth-order valence-corrected chi connectivity index (χ4v) is 4.58. The number of carbonyl (C=O) groups excluding carboxylic acids is 1. The third kappa shape index (κ3) is 6.06. The molecule has 0 radical (unpaired) electrons. The average molecular weight is 441 g/mol. The third-order valence-electron chi connectivity index (χ3n) is 4.78. The minimum absolute atomic E-state index is 0.0928. The van der Waals surface area contributed by atoms with E-state index in [1.807, 2.05) is 29.2 Å². The summed E-state index contributed by atoms with van der Waals surface area (Å²) < 4.78 is 0.781. The highest BCUT2D eigenvalue weighted by atomic mass is 32.2. The molecule has 3 aromatic rings. The van der Waals surface area contributed by atoms with Crippen molar-refractivity contribution in [2.75, 3.05) is 11.1 Å². The highest BCUT2D eigenvalue weighted by Gasteiger charge is 2.26. The van der Waals surface area contributed by atoms with Crippen LogP contribution in [0.15, 0.2) is 52.9 Å². The van der Waals surface area contributed by atoms with E-state index in [0.717, 1.165) is 20.7 Å². The average Bonchev–Trinajstić information content (AvgIpc) is 3.14. The number of carbonyl (C=O) groups is 1. The molecule has 7 heteroatoms. The Morgan fingerprint density at radius 2 is 1.80 bits per heavy atom. The lowest BCUT2D eigenvalue weighted by atomic mass is 10.0. The predicted octanol–water partition coefficient (Wildman–Crippen LogP) is 5.82. The van der Waals surface area contributed by atoms with Gasteiger partial charge in [0.05, 0.1) is 5.75 Å². The molecule has 1 heterocycles. The van der Waals surface area contributed by atoms with Crippen molar-refractivity contribution in [3.8, 4) is 0 Å². The van der Waals surface area contributed by atoms with Gasteiger partial charge in [0.15, 0.2) is 4.34 Å². The molecular weight excluding hydrogens is 412 g/mol. The Morgan fingerprint density at radius 1 is 1.07 bits per heavy atom. The van der Waals surface area contributed by atoms with E-state index in [1.165, 1.54) is 34.2 Å². The molecule has 158 valence electrons. The number of anilines is 2. The summed E-state index contributed by atoms with van der Waals surface area (Å²) in [5.41, 5.74) is 4.34. The van der Waals surface area contributed by atoms with Gasteiger partial charge in [-0.25, -0.2) is 0 Å². The van der Waals surface area contributed by atoms with E-state index in [4.69, 9.17) is 0 Å². The van der Waals surface area contributed by atoms with Gasteiger partial charge in [-0.2, -0.15) is 0 Å². The Kier molecular flexibility index (Phi) is 7.15. The van der Waals surface area contributed by atoms with Gasteiger partial charge in [-0.1, -0.05) is 59.5 Å². The van der Waals surface area contributed by atoms with Gasteiger partial charge in [0.25, 0.3) is 0 Å². The molecule has 2 aromatic carbocycles. The van der Waals surface area contributed by atoms with Crippen molar-refractivity contribution < 1.29 is 4.79 Å². The molecule has 0 aliphatic carbocycles. The summed E-state index contributed by atoms with van der Waals surface area (Å²) in [4.78, 5) is 14.9. The van der Waals surface area contributed by atoms with Gasteiger partial charge in [0.1, 0.15) is 0 Å². The highest BCUT2D eigenvalue weighted by Crippen LogP contribution is 2.29. The summed E-state index contributed by atoms with van der Waals surface area (Å²) in [5.74, 6) is 0.428. The lowest BCUT2D eigenvalue weighted by Crippen LogP contribution is -2.45. The molecule has 3 rings (SSSR count). The normalized spacial score (nSPS) is 11.4. The van der Waals surface area contributed by atoms with Crippen molar-refractivity contribution in [1.29, 1.82) is 0 Å². The molecule has 0 unspecified atom stereocenters. The van der Waals surface area contributed by atoms with Gasteiger partial charge in [0.2, 0.25) is 11.0 Å². The van der Waals surface area contributed by atoms with Crippen molar-refractivity contribution in [2.24, 2.45) is 0 Å². The first-order valence-electron chi connectivity index (χ1n) is 9.87. The summed E-state index contributed by atoms with van der Waals surface area (Å²) >= 11 is 2.90. The zero-order valence-corrected chi connectivity index (χ0v) is 19.7. The van der Waals surface area contributed by atoms with E-state index < -0.39 is 0 Å². The van der Waals surface area contributed by atoms with Crippen LogP contribution in [0.5, 0.6) is 0 Å². The second-order valence-electron chi connectivity index (χ2n) is 8.22. The smallest absolute Gasteiger partial charge is 0.233 e. The van der Waals surface area contributed by atoms with Gasteiger partial charge in [-0.05, 0) is 63.4 Å². The first-order chi connectivity index (χ1) is 14.2. The van der Waals surface area contributed by atoms with Crippen LogP contribution in [-0.4, -0.2) is 32.3 Å². The second kappa shape index (κ2) is 9.62. The number of thioether (sulfide) groups is 1. The Hall–Kier alpha value is -2.38. The summed E-state index contributed by atoms with van der Waals surface area (Å²) in [6, 6.07) is 16.3. The lowest BCUT2D eigenvalue weighted by molar-refractivity contribution is -0.133. The van der Waals surface area contributed by atoms with Crippen LogP contribution in [0, 0.1) is 13.8 Å². The Morgan fingerprint density at radius 3 is 2.47 bits per heavy atom. The number of nitrogens with one attached hydrogen (secondary N) is 1. The molecule has 0 spiro atoms. The van der Waals surface area contributed by atoms with Crippen molar-refractivity contribution in [2.45, 2.75) is 51.0 Å². The number of benzene rings is 2. The molecule has 0 aliphatic rings. The first-order valence-corrected chi connectivity index (χ1v) is 11.7. The third-order valence-corrected chi connectivity index (χ3v) is 6.73. The van der Waals surface area contributed by atoms with Crippen molar-refractivity contribution >= 4 is 39.8 Å². The van der Waals surface area contributed by atoms with Gasteiger partial charge in [-0.3, -0.25) is 4.79 Å². The van der Waals surface area contributed by atoms with Gasteiger partial charge < -0.3 is 10.2 Å². The largest absolute Gasteiger partial charge is 0.333 e. The molecule has 30 heavy (non-hydrogen) atoms. The topological polar surface area (TPSA) is 58.1 Å². The number of amides is 1. The van der Waals surface area contributed by atoms with E-state index in [1.54, 1.807) is 0 Å². The van der Waals surface area contributed by atoms with Crippen LogP contribution >= 0.6 is 23.1 Å². The molecule has 5 nitrogen and oxygen atoms in total. The number of aryl methyl sites for hydroxylation is 2. The van der Waals surface area contributed by atoms with Gasteiger partial charge in [0, 0.05) is 17.8 Å². The second-order valence-corrected chi connectivity index (χ2v) is 10.4. The van der Waals surface area contributed by atoms with Crippen LogP contribution in [0.4, 0.5) is 10.8 Å². The number of nitrogens with zero attached hydrogens (tertiary/aromatic N) is 3. The lowest BCUT2D eigenvalue weighted by Gasteiger charge is -2.36. The number of hydrogen-bond donors (Lipinski definition) is 1.